The predicted octanol–water partition coefficient (Wildman–Crippen LogP) is 2.11. The molecule has 0 bridgehead atoms. The fourth-order valence-corrected chi connectivity index (χ4v) is 2.43. The van der Waals surface area contributed by atoms with Gasteiger partial charge in [0.25, 0.3) is 0 Å². The topological polar surface area (TPSA) is 62.3 Å². The summed E-state index contributed by atoms with van der Waals surface area (Å²) in [7, 11) is 0. The lowest BCUT2D eigenvalue weighted by Gasteiger charge is -2.20. The molecule has 106 valence electrons. The SMILES string of the molecule is CCCn1ccnc1C(N)c1ccc2c(c1)OCCO2. The van der Waals surface area contributed by atoms with Crippen LogP contribution in [-0.2, 0) is 6.54 Å². The van der Waals surface area contributed by atoms with Gasteiger partial charge in [-0.1, -0.05) is 13.0 Å². The maximum absolute atomic E-state index is 6.35. The zero-order valence-corrected chi connectivity index (χ0v) is 11.6. The number of aryl methyl sites for hydroxylation is 1. The van der Waals surface area contributed by atoms with Crippen molar-refractivity contribution in [2.45, 2.75) is 25.9 Å². The van der Waals surface area contributed by atoms with Crippen LogP contribution in [0.5, 0.6) is 11.5 Å². The monoisotopic (exact) mass is 273 g/mol. The summed E-state index contributed by atoms with van der Waals surface area (Å²) >= 11 is 0. The molecule has 1 aromatic heterocycles. The van der Waals surface area contributed by atoms with Crippen molar-refractivity contribution in [3.05, 3.63) is 42.0 Å². The number of ether oxygens (including phenoxy) is 2. The molecule has 0 saturated heterocycles. The normalized spacial score (nSPS) is 15.1. The number of aromatic nitrogens is 2. The second-order valence-corrected chi connectivity index (χ2v) is 4.86. The van der Waals surface area contributed by atoms with Crippen LogP contribution in [0.4, 0.5) is 0 Å². The van der Waals surface area contributed by atoms with Gasteiger partial charge in [0, 0.05) is 18.9 Å². The van der Waals surface area contributed by atoms with Crippen molar-refractivity contribution < 1.29 is 9.47 Å². The van der Waals surface area contributed by atoms with Gasteiger partial charge in [0.2, 0.25) is 0 Å². The highest BCUT2D eigenvalue weighted by atomic mass is 16.6. The van der Waals surface area contributed by atoms with Gasteiger partial charge >= 0.3 is 0 Å². The van der Waals surface area contributed by atoms with E-state index in [-0.39, 0.29) is 6.04 Å². The molecule has 20 heavy (non-hydrogen) atoms. The molecule has 2 N–H and O–H groups in total. The molecule has 0 spiro atoms. The Balaban J connectivity index is 1.90. The van der Waals surface area contributed by atoms with Crippen LogP contribution in [0.1, 0.15) is 30.8 Å². The molecular formula is C15H19N3O2. The van der Waals surface area contributed by atoms with Crippen molar-refractivity contribution in [3.8, 4) is 11.5 Å². The third-order valence-corrected chi connectivity index (χ3v) is 3.42. The highest BCUT2D eigenvalue weighted by molar-refractivity contribution is 5.45. The first-order valence-electron chi connectivity index (χ1n) is 6.95. The quantitative estimate of drug-likeness (QED) is 0.926. The van der Waals surface area contributed by atoms with Crippen LogP contribution in [0.3, 0.4) is 0 Å². The summed E-state index contributed by atoms with van der Waals surface area (Å²) in [5.74, 6) is 2.42. The largest absolute Gasteiger partial charge is 0.486 e. The Labute approximate surface area is 118 Å². The average Bonchev–Trinajstić information content (AvgIpc) is 2.94. The van der Waals surface area contributed by atoms with E-state index in [0.717, 1.165) is 35.9 Å². The molecule has 0 aliphatic carbocycles. The van der Waals surface area contributed by atoms with E-state index in [1.54, 1.807) is 6.20 Å². The van der Waals surface area contributed by atoms with E-state index < -0.39 is 0 Å². The summed E-state index contributed by atoms with van der Waals surface area (Å²) in [6, 6.07) is 5.58. The molecule has 1 aromatic carbocycles. The van der Waals surface area contributed by atoms with Crippen LogP contribution < -0.4 is 15.2 Å². The Kier molecular flexibility index (Phi) is 3.60. The van der Waals surface area contributed by atoms with E-state index >= 15 is 0 Å². The summed E-state index contributed by atoms with van der Waals surface area (Å²) in [6.45, 7) is 4.24. The highest BCUT2D eigenvalue weighted by Crippen LogP contribution is 2.33. The summed E-state index contributed by atoms with van der Waals surface area (Å²) in [5, 5.41) is 0. The Hall–Kier alpha value is -2.01. The molecule has 0 fully saturated rings. The number of imidazole rings is 1. The molecule has 2 aromatic rings. The molecular weight excluding hydrogens is 254 g/mol. The first-order valence-corrected chi connectivity index (χ1v) is 6.95. The van der Waals surface area contributed by atoms with Crippen LogP contribution in [-0.4, -0.2) is 22.8 Å². The van der Waals surface area contributed by atoms with Gasteiger partial charge in [-0.25, -0.2) is 4.98 Å². The van der Waals surface area contributed by atoms with E-state index in [0.29, 0.717) is 13.2 Å². The molecule has 0 radical (unpaired) electrons. The number of nitrogens with zero attached hydrogens (tertiary/aromatic N) is 2. The van der Waals surface area contributed by atoms with E-state index in [2.05, 4.69) is 16.5 Å². The van der Waals surface area contributed by atoms with Crippen molar-refractivity contribution in [2.75, 3.05) is 13.2 Å². The summed E-state index contributed by atoms with van der Waals surface area (Å²) in [5.41, 5.74) is 7.33. The Morgan fingerprint density at radius 3 is 2.90 bits per heavy atom. The molecule has 0 saturated carbocycles. The smallest absolute Gasteiger partial charge is 0.161 e. The number of nitrogens with two attached hydrogens (primary N) is 1. The fourth-order valence-electron chi connectivity index (χ4n) is 2.43. The highest BCUT2D eigenvalue weighted by Gasteiger charge is 2.18. The van der Waals surface area contributed by atoms with Crippen LogP contribution >= 0.6 is 0 Å². The van der Waals surface area contributed by atoms with Crippen LogP contribution in [0.25, 0.3) is 0 Å². The lowest BCUT2D eigenvalue weighted by Crippen LogP contribution is -2.19. The number of rotatable bonds is 4. The minimum atomic E-state index is -0.257. The molecule has 0 amide bonds. The molecule has 5 heteroatoms. The standard InChI is InChI=1S/C15H19N3O2/c1-2-6-18-7-5-17-15(18)14(16)11-3-4-12-13(10-11)20-9-8-19-12/h3-5,7,10,14H,2,6,8-9,16H2,1H3. The van der Waals surface area contributed by atoms with E-state index in [1.165, 1.54) is 0 Å². The van der Waals surface area contributed by atoms with Gasteiger partial charge in [-0.3, -0.25) is 0 Å². The van der Waals surface area contributed by atoms with Gasteiger partial charge in [-0.05, 0) is 24.1 Å². The molecule has 3 rings (SSSR count). The van der Waals surface area contributed by atoms with Crippen molar-refractivity contribution in [2.24, 2.45) is 5.73 Å². The first-order chi connectivity index (χ1) is 9.79. The van der Waals surface area contributed by atoms with Crippen LogP contribution in [0.15, 0.2) is 30.6 Å². The fraction of sp³-hybridized carbons (Fsp3) is 0.400. The number of hydrogen-bond acceptors (Lipinski definition) is 4. The third-order valence-electron chi connectivity index (χ3n) is 3.42. The Morgan fingerprint density at radius 2 is 2.10 bits per heavy atom. The van der Waals surface area contributed by atoms with E-state index in [1.807, 2.05) is 24.4 Å². The molecule has 5 nitrogen and oxygen atoms in total. The van der Waals surface area contributed by atoms with Crippen LogP contribution in [0, 0.1) is 0 Å². The predicted molar refractivity (Wildman–Crippen MR) is 76.0 cm³/mol. The van der Waals surface area contributed by atoms with E-state index in [9.17, 15) is 0 Å². The molecule has 1 aliphatic heterocycles. The van der Waals surface area contributed by atoms with Gasteiger partial charge in [0.15, 0.2) is 11.5 Å². The minimum Gasteiger partial charge on any atom is -0.486 e. The number of hydrogen-bond donors (Lipinski definition) is 1. The molecule has 2 heterocycles. The maximum Gasteiger partial charge on any atom is 0.161 e. The van der Waals surface area contributed by atoms with Crippen molar-refractivity contribution in [1.29, 1.82) is 0 Å². The Morgan fingerprint density at radius 1 is 1.30 bits per heavy atom. The number of fused-ring (bicyclic) bond motifs is 1. The number of benzene rings is 1. The summed E-state index contributed by atoms with van der Waals surface area (Å²) < 4.78 is 13.2. The van der Waals surface area contributed by atoms with Gasteiger partial charge < -0.3 is 19.8 Å². The zero-order chi connectivity index (χ0) is 13.9. The Bertz CT molecular complexity index is 595. The van der Waals surface area contributed by atoms with E-state index in [4.69, 9.17) is 15.2 Å². The van der Waals surface area contributed by atoms with Crippen molar-refractivity contribution in [1.82, 2.24) is 9.55 Å². The van der Waals surface area contributed by atoms with Gasteiger partial charge in [-0.15, -0.1) is 0 Å². The van der Waals surface area contributed by atoms with Gasteiger partial charge in [0.05, 0.1) is 6.04 Å². The molecule has 1 atom stereocenters. The lowest BCUT2D eigenvalue weighted by molar-refractivity contribution is 0.171. The zero-order valence-electron chi connectivity index (χ0n) is 11.6. The summed E-state index contributed by atoms with van der Waals surface area (Å²) in [4.78, 5) is 4.39. The van der Waals surface area contributed by atoms with Gasteiger partial charge in [0.1, 0.15) is 19.0 Å². The summed E-state index contributed by atoms with van der Waals surface area (Å²) in [6.07, 6.45) is 4.82. The lowest BCUT2D eigenvalue weighted by atomic mass is 10.1. The first kappa shape index (κ1) is 13.0. The average molecular weight is 273 g/mol. The van der Waals surface area contributed by atoms with Crippen molar-refractivity contribution in [3.63, 3.8) is 0 Å². The van der Waals surface area contributed by atoms with Crippen molar-refractivity contribution >= 4 is 0 Å². The second-order valence-electron chi connectivity index (χ2n) is 4.86. The second kappa shape index (κ2) is 5.54. The minimum absolute atomic E-state index is 0.257. The maximum atomic E-state index is 6.35. The van der Waals surface area contributed by atoms with Gasteiger partial charge in [-0.2, -0.15) is 0 Å². The molecule has 1 unspecified atom stereocenters. The third kappa shape index (κ3) is 2.36. The molecule has 1 aliphatic rings. The van der Waals surface area contributed by atoms with Crippen LogP contribution in [0.2, 0.25) is 0 Å².